The van der Waals surface area contributed by atoms with Gasteiger partial charge >= 0.3 is 12.0 Å². The van der Waals surface area contributed by atoms with E-state index in [9.17, 15) is 9.59 Å². The lowest BCUT2D eigenvalue weighted by Crippen LogP contribution is -2.51. The van der Waals surface area contributed by atoms with Gasteiger partial charge in [0.25, 0.3) is 0 Å². The van der Waals surface area contributed by atoms with Gasteiger partial charge in [0.05, 0.1) is 0 Å². The normalized spacial score (nSPS) is 19.2. The molecule has 2 amide bonds. The molecule has 0 unspecified atom stereocenters. The first-order chi connectivity index (χ1) is 8.90. The number of carbonyl (C=O) groups is 2. The first kappa shape index (κ1) is 16.1. The number of rotatable bonds is 6. The summed E-state index contributed by atoms with van der Waals surface area (Å²) in [5.41, 5.74) is 0. The van der Waals surface area contributed by atoms with Crippen LogP contribution in [0.4, 0.5) is 4.79 Å². The minimum absolute atomic E-state index is 0.133. The van der Waals surface area contributed by atoms with Crippen LogP contribution in [-0.4, -0.2) is 40.7 Å². The maximum atomic E-state index is 11.8. The summed E-state index contributed by atoms with van der Waals surface area (Å²) in [5.74, 6) is -1.13. The predicted molar refractivity (Wildman–Crippen MR) is 77.5 cm³/mol. The SMILES string of the molecule is CSC1(CNC(=O)N[C@H](C(=O)O)C(C)C)CCCC1. The van der Waals surface area contributed by atoms with Crippen molar-refractivity contribution in [1.29, 1.82) is 0 Å². The second-order valence-electron chi connectivity index (χ2n) is 5.48. The van der Waals surface area contributed by atoms with E-state index in [1.165, 1.54) is 12.8 Å². The van der Waals surface area contributed by atoms with E-state index >= 15 is 0 Å². The number of carboxylic acids is 1. The molecule has 1 atom stereocenters. The highest BCUT2D eigenvalue weighted by atomic mass is 32.2. The zero-order valence-electron chi connectivity index (χ0n) is 11.9. The number of nitrogens with one attached hydrogen (secondary N) is 2. The van der Waals surface area contributed by atoms with Gasteiger partial charge in [-0.2, -0.15) is 11.8 Å². The van der Waals surface area contributed by atoms with Gasteiger partial charge in [0, 0.05) is 11.3 Å². The van der Waals surface area contributed by atoms with Crippen LogP contribution in [0.15, 0.2) is 0 Å². The highest BCUT2D eigenvalue weighted by Crippen LogP contribution is 2.39. The molecule has 0 aromatic carbocycles. The molecule has 1 rings (SSSR count). The fourth-order valence-corrected chi connectivity index (χ4v) is 3.33. The van der Waals surface area contributed by atoms with Crippen LogP contribution < -0.4 is 10.6 Å². The molecule has 1 saturated carbocycles. The number of aliphatic carboxylic acids is 1. The van der Waals surface area contributed by atoms with E-state index in [-0.39, 0.29) is 16.7 Å². The molecule has 19 heavy (non-hydrogen) atoms. The third-order valence-corrected chi connectivity index (χ3v) is 5.16. The van der Waals surface area contributed by atoms with Crippen LogP contribution in [0.5, 0.6) is 0 Å². The molecule has 1 aliphatic rings. The molecule has 0 aromatic heterocycles. The van der Waals surface area contributed by atoms with Gasteiger partial charge in [0.15, 0.2) is 0 Å². The maximum Gasteiger partial charge on any atom is 0.326 e. The number of urea groups is 1. The van der Waals surface area contributed by atoms with Crippen LogP contribution >= 0.6 is 11.8 Å². The molecule has 1 fully saturated rings. The van der Waals surface area contributed by atoms with Crippen LogP contribution in [0.3, 0.4) is 0 Å². The van der Waals surface area contributed by atoms with E-state index in [1.54, 1.807) is 25.6 Å². The van der Waals surface area contributed by atoms with Crippen molar-refractivity contribution >= 4 is 23.8 Å². The Kier molecular flexibility index (Phi) is 5.97. The number of amides is 2. The standard InChI is InChI=1S/C13H24N2O3S/c1-9(2)10(11(16)17)15-12(18)14-8-13(19-3)6-4-5-7-13/h9-10H,4-8H2,1-3H3,(H,16,17)(H2,14,15,18)/t10-/m0/s1. The van der Waals surface area contributed by atoms with Crippen molar-refractivity contribution in [2.45, 2.75) is 50.3 Å². The van der Waals surface area contributed by atoms with Crippen LogP contribution in [0.25, 0.3) is 0 Å². The largest absolute Gasteiger partial charge is 0.480 e. The molecule has 0 spiro atoms. The molecule has 0 radical (unpaired) electrons. The van der Waals surface area contributed by atoms with Crippen molar-refractivity contribution < 1.29 is 14.7 Å². The number of hydrogen-bond donors (Lipinski definition) is 3. The van der Waals surface area contributed by atoms with E-state index in [1.807, 2.05) is 0 Å². The summed E-state index contributed by atoms with van der Waals surface area (Å²) in [7, 11) is 0. The lowest BCUT2D eigenvalue weighted by molar-refractivity contribution is -0.140. The number of hydrogen-bond acceptors (Lipinski definition) is 3. The summed E-state index contributed by atoms with van der Waals surface area (Å²) in [6, 6.07) is -1.23. The molecule has 0 aromatic rings. The van der Waals surface area contributed by atoms with Crippen LogP contribution in [0.1, 0.15) is 39.5 Å². The highest BCUT2D eigenvalue weighted by molar-refractivity contribution is 8.00. The summed E-state index contributed by atoms with van der Waals surface area (Å²) in [5, 5.41) is 14.4. The van der Waals surface area contributed by atoms with E-state index in [0.29, 0.717) is 6.54 Å². The molecule has 0 saturated heterocycles. The number of carbonyl (C=O) groups excluding carboxylic acids is 1. The second-order valence-corrected chi connectivity index (χ2v) is 6.76. The highest BCUT2D eigenvalue weighted by Gasteiger charge is 2.33. The van der Waals surface area contributed by atoms with Crippen molar-refractivity contribution in [3.63, 3.8) is 0 Å². The first-order valence-electron chi connectivity index (χ1n) is 6.72. The lowest BCUT2D eigenvalue weighted by atomic mass is 10.1. The third kappa shape index (κ3) is 4.60. The maximum absolute atomic E-state index is 11.8. The fraction of sp³-hybridized carbons (Fsp3) is 0.846. The van der Waals surface area contributed by atoms with Crippen molar-refractivity contribution in [1.82, 2.24) is 10.6 Å². The van der Waals surface area contributed by atoms with Gasteiger partial charge in [0.2, 0.25) is 0 Å². The summed E-state index contributed by atoms with van der Waals surface area (Å²) in [6.45, 7) is 4.16. The molecule has 6 heteroatoms. The van der Waals surface area contributed by atoms with E-state index < -0.39 is 12.0 Å². The Morgan fingerprint density at radius 3 is 2.32 bits per heavy atom. The zero-order chi connectivity index (χ0) is 14.5. The minimum Gasteiger partial charge on any atom is -0.480 e. The predicted octanol–water partition coefficient (Wildman–Crippen LogP) is 2.07. The van der Waals surface area contributed by atoms with Crippen molar-refractivity contribution in [3.8, 4) is 0 Å². The lowest BCUT2D eigenvalue weighted by Gasteiger charge is -2.27. The topological polar surface area (TPSA) is 78.4 Å². The van der Waals surface area contributed by atoms with Gasteiger partial charge in [-0.1, -0.05) is 26.7 Å². The summed E-state index contributed by atoms with van der Waals surface area (Å²) in [4.78, 5) is 22.8. The molecule has 5 nitrogen and oxygen atoms in total. The van der Waals surface area contributed by atoms with E-state index in [2.05, 4.69) is 16.9 Å². The Bertz CT molecular complexity index is 328. The molecule has 0 bridgehead atoms. The molecule has 1 aliphatic carbocycles. The van der Waals surface area contributed by atoms with Crippen molar-refractivity contribution in [2.24, 2.45) is 5.92 Å². The first-order valence-corrected chi connectivity index (χ1v) is 7.95. The van der Waals surface area contributed by atoms with Gasteiger partial charge < -0.3 is 15.7 Å². The van der Waals surface area contributed by atoms with Gasteiger partial charge in [0.1, 0.15) is 6.04 Å². The van der Waals surface area contributed by atoms with Crippen molar-refractivity contribution in [2.75, 3.05) is 12.8 Å². The molecule has 0 aliphatic heterocycles. The minimum atomic E-state index is -0.995. The van der Waals surface area contributed by atoms with E-state index in [0.717, 1.165) is 12.8 Å². The second kappa shape index (κ2) is 7.03. The average Bonchev–Trinajstić information content (AvgIpc) is 2.82. The fourth-order valence-electron chi connectivity index (χ4n) is 2.42. The molecule has 0 heterocycles. The molecule has 3 N–H and O–H groups in total. The zero-order valence-corrected chi connectivity index (χ0v) is 12.7. The van der Waals surface area contributed by atoms with Crippen LogP contribution in [-0.2, 0) is 4.79 Å². The van der Waals surface area contributed by atoms with Gasteiger partial charge in [-0.05, 0) is 25.0 Å². The van der Waals surface area contributed by atoms with Crippen LogP contribution in [0, 0.1) is 5.92 Å². The molecule has 110 valence electrons. The number of carboxylic acid groups (broad SMARTS) is 1. The quantitative estimate of drug-likeness (QED) is 0.699. The molecular weight excluding hydrogens is 264 g/mol. The van der Waals surface area contributed by atoms with Crippen molar-refractivity contribution in [3.05, 3.63) is 0 Å². The Morgan fingerprint density at radius 2 is 1.89 bits per heavy atom. The Balaban J connectivity index is 2.44. The van der Waals surface area contributed by atoms with Gasteiger partial charge in [-0.15, -0.1) is 0 Å². The monoisotopic (exact) mass is 288 g/mol. The third-order valence-electron chi connectivity index (χ3n) is 3.74. The Hall–Kier alpha value is -0.910. The van der Waals surface area contributed by atoms with Gasteiger partial charge in [-0.25, -0.2) is 9.59 Å². The van der Waals surface area contributed by atoms with Crippen LogP contribution in [0.2, 0.25) is 0 Å². The Labute approximate surface area is 118 Å². The average molecular weight is 288 g/mol. The smallest absolute Gasteiger partial charge is 0.326 e. The Morgan fingerprint density at radius 1 is 1.32 bits per heavy atom. The molecular formula is C13H24N2O3S. The van der Waals surface area contributed by atoms with Gasteiger partial charge in [-0.3, -0.25) is 0 Å². The summed E-state index contributed by atoms with van der Waals surface area (Å²) < 4.78 is 0.133. The van der Waals surface area contributed by atoms with E-state index in [4.69, 9.17) is 5.11 Å². The summed E-state index contributed by atoms with van der Waals surface area (Å²) >= 11 is 1.79. The number of thioether (sulfide) groups is 1. The summed E-state index contributed by atoms with van der Waals surface area (Å²) in [6.07, 6.45) is 6.70.